The van der Waals surface area contributed by atoms with Crippen LogP contribution in [0.25, 0.3) is 0 Å². The van der Waals surface area contributed by atoms with Gasteiger partial charge < -0.3 is 10.2 Å². The van der Waals surface area contributed by atoms with Crippen molar-refractivity contribution in [3.05, 3.63) is 0 Å². The maximum atomic E-state index is 12.4. The van der Waals surface area contributed by atoms with Crippen LogP contribution in [0.4, 0.5) is 0 Å². The first-order valence-electron chi connectivity index (χ1n) is 7.18. The smallest absolute Gasteiger partial charge is 0.245 e. The molecule has 0 aromatic heterocycles. The molecule has 0 radical (unpaired) electrons. The quantitative estimate of drug-likeness (QED) is 0.813. The molecule has 1 saturated carbocycles. The van der Waals surface area contributed by atoms with E-state index in [1.54, 1.807) is 6.92 Å². The summed E-state index contributed by atoms with van der Waals surface area (Å²) in [5.74, 6) is 0.623. The third kappa shape index (κ3) is 2.25. The Kier molecular flexibility index (Phi) is 3.93. The highest BCUT2D eigenvalue weighted by atomic mass is 16.2. The van der Waals surface area contributed by atoms with E-state index in [2.05, 4.69) is 12.2 Å². The standard InChI is InChI=1S/C14H24N2O2/c1-4-11-13(17)15-10(3)14(18)16(11)12-8-6-5-7-9(12)2/h9-12H,4-8H2,1-3H3,(H,15,17). The van der Waals surface area contributed by atoms with Crippen molar-refractivity contribution < 1.29 is 9.59 Å². The van der Waals surface area contributed by atoms with Crippen LogP contribution in [-0.4, -0.2) is 34.8 Å². The van der Waals surface area contributed by atoms with Gasteiger partial charge in [0.05, 0.1) is 0 Å². The minimum Gasteiger partial charge on any atom is -0.343 e. The SMILES string of the molecule is CCC1C(=O)NC(C)C(=O)N1C1CCCCC1C. The molecule has 2 rings (SSSR count). The van der Waals surface area contributed by atoms with Crippen molar-refractivity contribution in [3.8, 4) is 0 Å². The van der Waals surface area contributed by atoms with E-state index in [0.717, 1.165) is 6.42 Å². The second-order valence-electron chi connectivity index (χ2n) is 5.73. The van der Waals surface area contributed by atoms with Gasteiger partial charge in [0, 0.05) is 6.04 Å². The predicted molar refractivity (Wildman–Crippen MR) is 69.9 cm³/mol. The van der Waals surface area contributed by atoms with Crippen LogP contribution >= 0.6 is 0 Å². The summed E-state index contributed by atoms with van der Waals surface area (Å²) in [7, 11) is 0. The molecule has 2 amide bonds. The van der Waals surface area contributed by atoms with Gasteiger partial charge in [-0.05, 0) is 32.1 Å². The monoisotopic (exact) mass is 252 g/mol. The van der Waals surface area contributed by atoms with E-state index in [4.69, 9.17) is 0 Å². The van der Waals surface area contributed by atoms with Crippen LogP contribution in [0.15, 0.2) is 0 Å². The zero-order chi connectivity index (χ0) is 13.3. The van der Waals surface area contributed by atoms with E-state index < -0.39 is 0 Å². The fraction of sp³-hybridized carbons (Fsp3) is 0.857. The molecule has 0 spiro atoms. The van der Waals surface area contributed by atoms with Crippen molar-refractivity contribution in [2.24, 2.45) is 5.92 Å². The van der Waals surface area contributed by atoms with E-state index in [9.17, 15) is 9.59 Å². The van der Waals surface area contributed by atoms with E-state index in [0.29, 0.717) is 12.3 Å². The number of carbonyl (C=O) groups is 2. The van der Waals surface area contributed by atoms with Crippen LogP contribution in [0, 0.1) is 5.92 Å². The summed E-state index contributed by atoms with van der Waals surface area (Å²) in [6.07, 6.45) is 5.33. The van der Waals surface area contributed by atoms with Gasteiger partial charge in [0.25, 0.3) is 0 Å². The fourth-order valence-electron chi connectivity index (χ4n) is 3.36. The Morgan fingerprint density at radius 2 is 1.89 bits per heavy atom. The van der Waals surface area contributed by atoms with Crippen molar-refractivity contribution in [1.29, 1.82) is 0 Å². The van der Waals surface area contributed by atoms with E-state index in [1.165, 1.54) is 19.3 Å². The number of piperazine rings is 1. The van der Waals surface area contributed by atoms with Crippen LogP contribution in [0.5, 0.6) is 0 Å². The largest absolute Gasteiger partial charge is 0.343 e. The summed E-state index contributed by atoms with van der Waals surface area (Å²) in [5.41, 5.74) is 0. The molecule has 2 fully saturated rings. The number of nitrogens with zero attached hydrogens (tertiary/aromatic N) is 1. The average Bonchev–Trinajstić information content (AvgIpc) is 2.34. The van der Waals surface area contributed by atoms with Gasteiger partial charge in [0.15, 0.2) is 0 Å². The number of nitrogens with one attached hydrogen (secondary N) is 1. The Morgan fingerprint density at radius 3 is 2.50 bits per heavy atom. The lowest BCUT2D eigenvalue weighted by atomic mass is 9.83. The number of rotatable bonds is 2. The van der Waals surface area contributed by atoms with Gasteiger partial charge in [-0.25, -0.2) is 0 Å². The maximum Gasteiger partial charge on any atom is 0.245 e. The molecular formula is C14H24N2O2. The number of amides is 2. The van der Waals surface area contributed by atoms with Crippen LogP contribution in [0.1, 0.15) is 52.9 Å². The lowest BCUT2D eigenvalue weighted by Gasteiger charge is -2.46. The highest BCUT2D eigenvalue weighted by Gasteiger charge is 2.43. The summed E-state index contributed by atoms with van der Waals surface area (Å²) in [4.78, 5) is 26.3. The van der Waals surface area contributed by atoms with Crippen molar-refractivity contribution >= 4 is 11.8 Å². The van der Waals surface area contributed by atoms with Crippen LogP contribution < -0.4 is 5.32 Å². The normalized spacial score (nSPS) is 37.6. The number of hydrogen-bond acceptors (Lipinski definition) is 2. The van der Waals surface area contributed by atoms with Gasteiger partial charge in [-0.3, -0.25) is 9.59 Å². The molecule has 1 N–H and O–H groups in total. The van der Waals surface area contributed by atoms with Crippen LogP contribution in [0.3, 0.4) is 0 Å². The lowest BCUT2D eigenvalue weighted by molar-refractivity contribution is -0.153. The maximum absolute atomic E-state index is 12.4. The van der Waals surface area contributed by atoms with Crippen molar-refractivity contribution in [3.63, 3.8) is 0 Å². The van der Waals surface area contributed by atoms with Gasteiger partial charge in [-0.2, -0.15) is 0 Å². The second-order valence-corrected chi connectivity index (χ2v) is 5.73. The molecule has 18 heavy (non-hydrogen) atoms. The van der Waals surface area contributed by atoms with Crippen molar-refractivity contribution in [2.75, 3.05) is 0 Å². The first-order chi connectivity index (χ1) is 8.56. The molecule has 4 unspecified atom stereocenters. The zero-order valence-electron chi connectivity index (χ0n) is 11.6. The molecule has 4 atom stereocenters. The third-order valence-electron chi connectivity index (χ3n) is 4.43. The number of carbonyl (C=O) groups excluding carboxylic acids is 2. The molecule has 4 heteroatoms. The van der Waals surface area contributed by atoms with Gasteiger partial charge in [0.1, 0.15) is 12.1 Å². The molecule has 0 aromatic carbocycles. The van der Waals surface area contributed by atoms with Crippen molar-refractivity contribution in [2.45, 2.75) is 71.0 Å². The zero-order valence-corrected chi connectivity index (χ0v) is 11.6. The van der Waals surface area contributed by atoms with E-state index in [-0.39, 0.29) is 29.9 Å². The van der Waals surface area contributed by atoms with E-state index >= 15 is 0 Å². The number of hydrogen-bond donors (Lipinski definition) is 1. The van der Waals surface area contributed by atoms with Crippen molar-refractivity contribution in [1.82, 2.24) is 10.2 Å². The third-order valence-corrected chi connectivity index (χ3v) is 4.43. The Balaban J connectivity index is 2.24. The van der Waals surface area contributed by atoms with Gasteiger partial charge in [-0.1, -0.05) is 26.7 Å². The molecule has 2 aliphatic rings. The van der Waals surface area contributed by atoms with Crippen LogP contribution in [0.2, 0.25) is 0 Å². The molecule has 1 saturated heterocycles. The van der Waals surface area contributed by atoms with Gasteiger partial charge >= 0.3 is 0 Å². The minimum atomic E-state index is -0.366. The second kappa shape index (κ2) is 5.29. The molecule has 1 aliphatic heterocycles. The first kappa shape index (κ1) is 13.4. The molecule has 0 aromatic rings. The first-order valence-corrected chi connectivity index (χ1v) is 7.18. The molecule has 4 nitrogen and oxygen atoms in total. The summed E-state index contributed by atoms with van der Waals surface area (Å²) in [5, 5.41) is 2.78. The summed E-state index contributed by atoms with van der Waals surface area (Å²) in [6, 6.07) is -0.377. The molecule has 1 heterocycles. The predicted octanol–water partition coefficient (Wildman–Crippen LogP) is 1.69. The minimum absolute atomic E-state index is 0.0161. The molecule has 102 valence electrons. The Labute approximate surface area is 109 Å². The highest BCUT2D eigenvalue weighted by Crippen LogP contribution is 2.31. The Bertz CT molecular complexity index is 343. The topological polar surface area (TPSA) is 49.4 Å². The Morgan fingerprint density at radius 1 is 1.22 bits per heavy atom. The summed E-state index contributed by atoms with van der Waals surface area (Å²) in [6.45, 7) is 5.97. The highest BCUT2D eigenvalue weighted by molar-refractivity contribution is 5.96. The Hall–Kier alpha value is -1.06. The van der Waals surface area contributed by atoms with E-state index in [1.807, 2.05) is 11.8 Å². The summed E-state index contributed by atoms with van der Waals surface area (Å²) < 4.78 is 0. The van der Waals surface area contributed by atoms with Crippen LogP contribution in [-0.2, 0) is 9.59 Å². The molecule has 0 bridgehead atoms. The molecule has 1 aliphatic carbocycles. The average molecular weight is 252 g/mol. The lowest BCUT2D eigenvalue weighted by Crippen LogP contribution is -2.65. The van der Waals surface area contributed by atoms with Gasteiger partial charge in [-0.15, -0.1) is 0 Å². The fourth-order valence-corrected chi connectivity index (χ4v) is 3.36. The summed E-state index contributed by atoms with van der Waals surface area (Å²) >= 11 is 0. The van der Waals surface area contributed by atoms with Gasteiger partial charge in [0.2, 0.25) is 11.8 Å². The molecular weight excluding hydrogens is 228 g/mol.